The summed E-state index contributed by atoms with van der Waals surface area (Å²) in [6.45, 7) is 1.74. The summed E-state index contributed by atoms with van der Waals surface area (Å²) in [6.07, 6.45) is 6.24. The van der Waals surface area contributed by atoms with Gasteiger partial charge in [-0.3, -0.25) is 9.69 Å². The van der Waals surface area contributed by atoms with Gasteiger partial charge in [0, 0.05) is 19.6 Å². The summed E-state index contributed by atoms with van der Waals surface area (Å²) < 4.78 is 11.3. The van der Waals surface area contributed by atoms with Crippen LogP contribution in [0.15, 0.2) is 83.9 Å². The number of nitrogens with zero attached hydrogens (tertiary/aromatic N) is 5. The molecule has 2 saturated heterocycles. The first kappa shape index (κ1) is 27.8. The van der Waals surface area contributed by atoms with Gasteiger partial charge in [0.2, 0.25) is 12.1 Å². The minimum atomic E-state index is -0.638. The van der Waals surface area contributed by atoms with Crippen molar-refractivity contribution in [3.8, 4) is 17.7 Å². The molecule has 1 atom stereocenters. The minimum Gasteiger partial charge on any atom is -0.497 e. The van der Waals surface area contributed by atoms with E-state index in [4.69, 9.17) is 9.47 Å². The number of likely N-dealkylation sites (N-methyl/N-ethyl adjacent to an activating group) is 1. The quantitative estimate of drug-likeness (QED) is 0.219. The summed E-state index contributed by atoms with van der Waals surface area (Å²) >= 11 is 0. The monoisotopic (exact) mass is 563 g/mol. The zero-order valence-electron chi connectivity index (χ0n) is 24.3. The van der Waals surface area contributed by atoms with Crippen LogP contribution in [0.3, 0.4) is 0 Å². The lowest BCUT2D eigenvalue weighted by Gasteiger charge is -2.42. The maximum Gasteiger partial charge on any atom is 0.308 e. The zero-order chi connectivity index (χ0) is 29.1. The van der Waals surface area contributed by atoms with Gasteiger partial charge in [0.05, 0.1) is 7.11 Å². The lowest BCUT2D eigenvalue weighted by molar-refractivity contribution is -0.135. The van der Waals surface area contributed by atoms with E-state index in [9.17, 15) is 10.1 Å². The van der Waals surface area contributed by atoms with Gasteiger partial charge < -0.3 is 19.3 Å². The fourth-order valence-electron chi connectivity index (χ4n) is 6.43. The first-order chi connectivity index (χ1) is 20.5. The highest BCUT2D eigenvalue weighted by Gasteiger charge is 2.57. The van der Waals surface area contributed by atoms with Crippen LogP contribution in [0.5, 0.6) is 11.5 Å². The average Bonchev–Trinajstić information content (AvgIpc) is 3.87. The average molecular weight is 564 g/mol. The van der Waals surface area contributed by atoms with Crippen molar-refractivity contribution in [3.05, 3.63) is 95.6 Å². The second-order valence-electron chi connectivity index (χ2n) is 11.5. The second kappa shape index (κ2) is 11.9. The van der Waals surface area contributed by atoms with Crippen molar-refractivity contribution in [2.75, 3.05) is 33.8 Å². The molecule has 0 aromatic heterocycles. The summed E-state index contributed by atoms with van der Waals surface area (Å²) in [6, 6.07) is 26.6. The number of carbonyl (C=O) groups is 1. The largest absolute Gasteiger partial charge is 0.497 e. The molecule has 1 aliphatic carbocycles. The summed E-state index contributed by atoms with van der Waals surface area (Å²) in [5, 5.41) is 9.35. The molecule has 0 bridgehead atoms. The van der Waals surface area contributed by atoms with E-state index in [0.29, 0.717) is 44.1 Å². The van der Waals surface area contributed by atoms with Gasteiger partial charge >= 0.3 is 6.02 Å². The Bertz CT molecular complexity index is 1450. The highest BCUT2D eigenvalue weighted by atomic mass is 16.5. The van der Waals surface area contributed by atoms with E-state index in [-0.39, 0.29) is 18.1 Å². The maximum absolute atomic E-state index is 14.4. The number of amidine groups is 1. The Labute approximate surface area is 247 Å². The SMILES string of the molecule is COc1ccc(CCN2C(=O)C3(CCN(C(=NC#N)Oc4ccccc4)CC3)N(C)C2c2ccc(C3CC3)cc2)cc1. The van der Waals surface area contributed by atoms with Crippen LogP contribution in [-0.2, 0) is 11.2 Å². The van der Waals surface area contributed by atoms with Crippen LogP contribution >= 0.6 is 0 Å². The third kappa shape index (κ3) is 5.45. The maximum atomic E-state index is 14.4. The van der Waals surface area contributed by atoms with Crippen molar-refractivity contribution in [1.82, 2.24) is 14.7 Å². The smallest absolute Gasteiger partial charge is 0.308 e. The van der Waals surface area contributed by atoms with Crippen LogP contribution in [-0.4, -0.2) is 66.0 Å². The fraction of sp³-hybridized carbons (Fsp3) is 0.382. The summed E-state index contributed by atoms with van der Waals surface area (Å²) in [4.78, 5) is 24.7. The number of rotatable bonds is 7. The van der Waals surface area contributed by atoms with Crippen LogP contribution in [0.4, 0.5) is 0 Å². The van der Waals surface area contributed by atoms with Crippen LogP contribution < -0.4 is 9.47 Å². The van der Waals surface area contributed by atoms with Crippen molar-refractivity contribution in [1.29, 1.82) is 5.26 Å². The molecule has 1 amide bonds. The number of likely N-dealkylation sites (tertiary alicyclic amines) is 1. The molecule has 2 heterocycles. The number of nitriles is 1. The number of ether oxygens (including phenoxy) is 2. The van der Waals surface area contributed by atoms with Crippen molar-refractivity contribution in [3.63, 3.8) is 0 Å². The number of benzene rings is 3. The van der Waals surface area contributed by atoms with Crippen molar-refractivity contribution < 1.29 is 14.3 Å². The molecule has 8 nitrogen and oxygen atoms in total. The highest BCUT2D eigenvalue weighted by Crippen LogP contribution is 2.46. The van der Waals surface area contributed by atoms with E-state index >= 15 is 0 Å². The molecule has 3 aromatic carbocycles. The standard InChI is InChI=1S/C34H37N5O3/c1-37-31(28-14-12-27(13-15-28)26-10-11-26)39(21-18-25-8-16-29(41-2)17-9-25)32(40)34(37)19-22-38(23-20-34)33(36-24-35)42-30-6-4-3-5-7-30/h3-9,12-17,26,31H,10-11,18-23H2,1-2H3. The molecule has 6 rings (SSSR count). The predicted octanol–water partition coefficient (Wildman–Crippen LogP) is 5.34. The van der Waals surface area contributed by atoms with E-state index in [1.54, 1.807) is 7.11 Å². The number of methoxy groups -OCH3 is 1. The summed E-state index contributed by atoms with van der Waals surface area (Å²) in [5.41, 5.74) is 3.06. The number of para-hydroxylation sites is 1. The van der Waals surface area contributed by atoms with Crippen LogP contribution in [0, 0.1) is 11.5 Å². The van der Waals surface area contributed by atoms with Gasteiger partial charge in [-0.05, 0) is 86.0 Å². The number of hydrogen-bond donors (Lipinski definition) is 0. The molecule has 1 saturated carbocycles. The molecule has 3 fully saturated rings. The fourth-order valence-corrected chi connectivity index (χ4v) is 6.43. The molecule has 1 unspecified atom stereocenters. The van der Waals surface area contributed by atoms with Crippen LogP contribution in [0.2, 0.25) is 0 Å². The molecule has 0 N–H and O–H groups in total. The van der Waals surface area contributed by atoms with Crippen LogP contribution in [0.1, 0.15) is 54.5 Å². The van der Waals surface area contributed by atoms with E-state index in [1.165, 1.54) is 24.0 Å². The lowest BCUT2D eigenvalue weighted by Crippen LogP contribution is -2.56. The van der Waals surface area contributed by atoms with E-state index in [0.717, 1.165) is 17.7 Å². The second-order valence-corrected chi connectivity index (χ2v) is 11.5. The van der Waals surface area contributed by atoms with Gasteiger partial charge in [0.1, 0.15) is 23.2 Å². The highest BCUT2D eigenvalue weighted by molar-refractivity contribution is 5.90. The van der Waals surface area contributed by atoms with Crippen LogP contribution in [0.25, 0.3) is 0 Å². The topological polar surface area (TPSA) is 81.4 Å². The van der Waals surface area contributed by atoms with Crippen molar-refractivity contribution in [2.45, 2.75) is 49.7 Å². The molecule has 1 spiro atoms. The normalized spacial score (nSPS) is 20.5. The summed E-state index contributed by atoms with van der Waals surface area (Å²) in [5.74, 6) is 2.30. The Morgan fingerprint density at radius 3 is 2.24 bits per heavy atom. The van der Waals surface area contributed by atoms with Gasteiger partial charge in [-0.15, -0.1) is 4.99 Å². The van der Waals surface area contributed by atoms with E-state index in [1.807, 2.05) is 53.6 Å². The van der Waals surface area contributed by atoms with Gasteiger partial charge in [0.25, 0.3) is 0 Å². The number of carbonyl (C=O) groups excluding carboxylic acids is 1. The third-order valence-corrected chi connectivity index (χ3v) is 9.04. The van der Waals surface area contributed by atoms with E-state index in [2.05, 4.69) is 58.2 Å². The summed E-state index contributed by atoms with van der Waals surface area (Å²) in [7, 11) is 3.76. The molecule has 8 heteroatoms. The number of aliphatic imine (C=N–C) groups is 1. The first-order valence-corrected chi connectivity index (χ1v) is 14.7. The number of amides is 1. The lowest BCUT2D eigenvalue weighted by atomic mass is 9.86. The molecule has 216 valence electrons. The number of hydrogen-bond acceptors (Lipinski definition) is 6. The molecular formula is C34H37N5O3. The van der Waals surface area contributed by atoms with Crippen molar-refractivity contribution >= 4 is 11.9 Å². The molecule has 42 heavy (non-hydrogen) atoms. The van der Waals surface area contributed by atoms with Gasteiger partial charge in [-0.2, -0.15) is 5.26 Å². The zero-order valence-corrected chi connectivity index (χ0v) is 24.3. The third-order valence-electron chi connectivity index (χ3n) is 9.04. The molecule has 3 aromatic rings. The van der Waals surface area contributed by atoms with Gasteiger partial charge in [-0.25, -0.2) is 0 Å². The van der Waals surface area contributed by atoms with Crippen molar-refractivity contribution in [2.24, 2.45) is 4.99 Å². The minimum absolute atomic E-state index is 0.150. The van der Waals surface area contributed by atoms with Gasteiger partial charge in [0.15, 0.2) is 0 Å². The molecule has 2 aliphatic heterocycles. The Morgan fingerprint density at radius 2 is 1.62 bits per heavy atom. The predicted molar refractivity (Wildman–Crippen MR) is 161 cm³/mol. The molecule has 3 aliphatic rings. The molecular weight excluding hydrogens is 526 g/mol. The Hall–Kier alpha value is -4.35. The Kier molecular flexibility index (Phi) is 7.86. The number of piperidine rings is 1. The van der Waals surface area contributed by atoms with E-state index < -0.39 is 5.54 Å². The first-order valence-electron chi connectivity index (χ1n) is 14.7. The Morgan fingerprint density at radius 1 is 0.952 bits per heavy atom. The van der Waals surface area contributed by atoms with Gasteiger partial charge in [-0.1, -0.05) is 54.6 Å². The Balaban J connectivity index is 1.23. The molecule has 0 radical (unpaired) electrons.